The molecule has 1 aromatic carbocycles. The predicted molar refractivity (Wildman–Crippen MR) is 51.2 cm³/mol. The van der Waals surface area contributed by atoms with Crippen LogP contribution in [0.15, 0.2) is 12.1 Å². The normalized spacial score (nSPS) is 11.3. The van der Waals surface area contributed by atoms with Gasteiger partial charge in [0.25, 0.3) is 0 Å². The number of aromatic hydroxyl groups is 1. The van der Waals surface area contributed by atoms with Crippen molar-refractivity contribution in [3.05, 3.63) is 17.7 Å². The third kappa shape index (κ3) is 2.27. The topological polar surface area (TPSA) is 141 Å². The molecule has 0 spiro atoms. The fraction of sp³-hybridized carbons (Fsp3) is 0. The molecule has 0 atom stereocenters. The molecular formula is C7H8NO6P. The number of anilines is 1. The van der Waals surface area contributed by atoms with Gasteiger partial charge in [-0.05, 0) is 12.1 Å². The van der Waals surface area contributed by atoms with Crippen LogP contribution in [0.2, 0.25) is 0 Å². The molecule has 0 amide bonds. The summed E-state index contributed by atoms with van der Waals surface area (Å²) in [5.41, 5.74) is 4.24. The Labute approximate surface area is 83.9 Å². The number of aromatic carboxylic acids is 1. The zero-order chi connectivity index (χ0) is 11.8. The first kappa shape index (κ1) is 11.5. The lowest BCUT2D eigenvalue weighted by molar-refractivity contribution is 0.0697. The quantitative estimate of drug-likeness (QED) is 0.262. The summed E-state index contributed by atoms with van der Waals surface area (Å²) >= 11 is 0. The fourth-order valence-corrected chi connectivity index (χ4v) is 1.79. The van der Waals surface area contributed by atoms with Crippen LogP contribution in [0.1, 0.15) is 10.4 Å². The van der Waals surface area contributed by atoms with Crippen molar-refractivity contribution < 1.29 is 29.4 Å². The van der Waals surface area contributed by atoms with E-state index < -0.39 is 30.2 Å². The van der Waals surface area contributed by atoms with Crippen LogP contribution in [-0.2, 0) is 4.57 Å². The second kappa shape index (κ2) is 3.54. The van der Waals surface area contributed by atoms with Gasteiger partial charge in [-0.25, -0.2) is 4.79 Å². The Hall–Kier alpha value is -1.56. The minimum Gasteiger partial charge on any atom is -0.506 e. The minimum atomic E-state index is -4.73. The highest BCUT2D eigenvalue weighted by molar-refractivity contribution is 7.60. The van der Waals surface area contributed by atoms with Crippen molar-refractivity contribution in [1.29, 1.82) is 0 Å². The van der Waals surface area contributed by atoms with Crippen LogP contribution in [0, 0.1) is 0 Å². The van der Waals surface area contributed by atoms with Gasteiger partial charge in [-0.15, -0.1) is 0 Å². The summed E-state index contributed by atoms with van der Waals surface area (Å²) in [4.78, 5) is 28.3. The van der Waals surface area contributed by atoms with Crippen LogP contribution >= 0.6 is 7.60 Å². The van der Waals surface area contributed by atoms with Gasteiger partial charge in [0.1, 0.15) is 5.75 Å². The van der Waals surface area contributed by atoms with Gasteiger partial charge in [-0.1, -0.05) is 0 Å². The maximum atomic E-state index is 10.9. The number of phenolic OH excluding ortho intramolecular Hbond substituents is 1. The van der Waals surface area contributed by atoms with E-state index in [0.717, 1.165) is 6.07 Å². The molecule has 6 N–H and O–H groups in total. The molecule has 0 aliphatic carbocycles. The van der Waals surface area contributed by atoms with Crippen LogP contribution in [0.5, 0.6) is 5.75 Å². The molecule has 82 valence electrons. The summed E-state index contributed by atoms with van der Waals surface area (Å²) in [6.07, 6.45) is 0. The third-order valence-electron chi connectivity index (χ3n) is 1.69. The molecule has 0 radical (unpaired) electrons. The van der Waals surface area contributed by atoms with E-state index in [1.807, 2.05) is 0 Å². The fourth-order valence-electron chi connectivity index (χ4n) is 1.01. The summed E-state index contributed by atoms with van der Waals surface area (Å²) in [5.74, 6) is -2.09. The first-order valence-electron chi connectivity index (χ1n) is 3.65. The first-order valence-corrected chi connectivity index (χ1v) is 5.26. The standard InChI is InChI=1S/C7H8NO6P/c8-4-2-6(15(12,13)14)3(7(10)11)1-5(4)9/h1-2,9H,8H2,(H,10,11)(H2,12,13,14). The van der Waals surface area contributed by atoms with Gasteiger partial charge >= 0.3 is 13.6 Å². The second-order valence-corrected chi connectivity index (χ2v) is 4.35. The van der Waals surface area contributed by atoms with Crippen molar-refractivity contribution >= 4 is 24.6 Å². The molecule has 1 rings (SSSR count). The molecule has 1 aromatic rings. The second-order valence-electron chi connectivity index (χ2n) is 2.78. The number of carboxylic acid groups (broad SMARTS) is 1. The van der Waals surface area contributed by atoms with Crippen LogP contribution in [-0.4, -0.2) is 26.0 Å². The van der Waals surface area contributed by atoms with Gasteiger partial charge in [0.2, 0.25) is 0 Å². The molecule has 0 aromatic heterocycles. The molecule has 0 aliphatic rings. The van der Waals surface area contributed by atoms with E-state index in [1.54, 1.807) is 0 Å². The SMILES string of the molecule is Nc1cc(P(=O)(O)O)c(C(=O)O)cc1O. The van der Waals surface area contributed by atoms with Gasteiger partial charge < -0.3 is 25.7 Å². The number of hydrogen-bond acceptors (Lipinski definition) is 4. The summed E-state index contributed by atoms with van der Waals surface area (Å²) in [7, 11) is -4.73. The Morgan fingerprint density at radius 1 is 1.33 bits per heavy atom. The number of carbonyl (C=O) groups is 1. The Morgan fingerprint density at radius 2 is 1.87 bits per heavy atom. The Balaban J connectivity index is 3.56. The lowest BCUT2D eigenvalue weighted by atomic mass is 10.2. The zero-order valence-corrected chi connectivity index (χ0v) is 8.18. The van der Waals surface area contributed by atoms with Crippen molar-refractivity contribution in [2.75, 3.05) is 5.73 Å². The highest BCUT2D eigenvalue weighted by Crippen LogP contribution is 2.37. The van der Waals surface area contributed by atoms with E-state index >= 15 is 0 Å². The number of benzene rings is 1. The van der Waals surface area contributed by atoms with E-state index in [0.29, 0.717) is 6.07 Å². The smallest absolute Gasteiger partial charge is 0.357 e. The van der Waals surface area contributed by atoms with Crippen molar-refractivity contribution in [3.8, 4) is 5.75 Å². The largest absolute Gasteiger partial charge is 0.506 e. The number of carboxylic acids is 1. The monoisotopic (exact) mass is 233 g/mol. The molecular weight excluding hydrogens is 225 g/mol. The summed E-state index contributed by atoms with van der Waals surface area (Å²) in [6.45, 7) is 0. The molecule has 0 heterocycles. The average molecular weight is 233 g/mol. The Morgan fingerprint density at radius 3 is 2.27 bits per heavy atom. The molecule has 0 unspecified atom stereocenters. The van der Waals surface area contributed by atoms with Crippen LogP contribution in [0.4, 0.5) is 5.69 Å². The minimum absolute atomic E-state index is 0.293. The van der Waals surface area contributed by atoms with Gasteiger partial charge in [-0.2, -0.15) is 0 Å². The van der Waals surface area contributed by atoms with Crippen LogP contribution in [0.25, 0.3) is 0 Å². The number of hydrogen-bond donors (Lipinski definition) is 5. The van der Waals surface area contributed by atoms with E-state index in [9.17, 15) is 9.36 Å². The number of phenols is 1. The average Bonchev–Trinajstić information content (AvgIpc) is 2.06. The van der Waals surface area contributed by atoms with Crippen LogP contribution < -0.4 is 11.0 Å². The Kier molecular flexibility index (Phi) is 2.72. The maximum absolute atomic E-state index is 10.9. The van der Waals surface area contributed by atoms with Crippen molar-refractivity contribution in [1.82, 2.24) is 0 Å². The summed E-state index contributed by atoms with van der Waals surface area (Å²) in [5, 5.41) is 17.0. The zero-order valence-electron chi connectivity index (χ0n) is 7.28. The van der Waals surface area contributed by atoms with E-state index in [4.69, 9.17) is 25.7 Å². The summed E-state index contributed by atoms with van der Waals surface area (Å²) in [6, 6.07) is 1.45. The predicted octanol–water partition coefficient (Wildman–Crippen LogP) is -0.524. The Bertz CT molecular complexity index is 465. The molecule has 0 fully saturated rings. The lowest BCUT2D eigenvalue weighted by Gasteiger charge is -2.09. The molecule has 0 saturated heterocycles. The van der Waals surface area contributed by atoms with Gasteiger partial charge in [0.15, 0.2) is 0 Å². The third-order valence-corrected chi connectivity index (χ3v) is 2.69. The molecule has 0 bridgehead atoms. The maximum Gasteiger partial charge on any atom is 0.357 e. The molecule has 0 saturated carbocycles. The van der Waals surface area contributed by atoms with E-state index in [2.05, 4.69) is 0 Å². The lowest BCUT2D eigenvalue weighted by Crippen LogP contribution is -2.16. The highest BCUT2D eigenvalue weighted by Gasteiger charge is 2.26. The highest BCUT2D eigenvalue weighted by atomic mass is 31.2. The van der Waals surface area contributed by atoms with Crippen molar-refractivity contribution in [2.45, 2.75) is 0 Å². The van der Waals surface area contributed by atoms with E-state index in [1.165, 1.54) is 0 Å². The number of rotatable bonds is 2. The van der Waals surface area contributed by atoms with Gasteiger partial charge in [-0.3, -0.25) is 4.57 Å². The first-order chi connectivity index (χ1) is 6.73. The molecule has 8 heteroatoms. The van der Waals surface area contributed by atoms with Gasteiger partial charge in [0.05, 0.1) is 16.6 Å². The van der Waals surface area contributed by atoms with E-state index in [-0.39, 0.29) is 5.69 Å². The number of nitrogen functional groups attached to an aromatic ring is 1. The summed E-state index contributed by atoms with van der Waals surface area (Å²) < 4.78 is 10.9. The van der Waals surface area contributed by atoms with Crippen LogP contribution in [0.3, 0.4) is 0 Å². The molecule has 0 aliphatic heterocycles. The number of nitrogens with two attached hydrogens (primary N) is 1. The van der Waals surface area contributed by atoms with Crippen molar-refractivity contribution in [3.63, 3.8) is 0 Å². The molecule has 15 heavy (non-hydrogen) atoms. The van der Waals surface area contributed by atoms with Crippen molar-refractivity contribution in [2.24, 2.45) is 0 Å². The van der Waals surface area contributed by atoms with Gasteiger partial charge in [0, 0.05) is 0 Å². The molecule has 7 nitrogen and oxygen atoms in total.